The molecule has 4 heteroatoms. The number of likely N-dealkylation sites (tertiary alicyclic amines) is 1. The molecule has 0 aliphatic carbocycles. The molecule has 0 radical (unpaired) electrons. The number of carbonyl (C=O) groups is 1. The minimum Gasteiger partial charge on any atom is -0.381 e. The average Bonchev–Trinajstić information content (AvgIpc) is 3.01. The van der Waals surface area contributed by atoms with Crippen LogP contribution in [0.4, 0.5) is 0 Å². The highest BCUT2D eigenvalue weighted by Gasteiger charge is 2.30. The van der Waals surface area contributed by atoms with E-state index in [1.165, 1.54) is 6.42 Å². The van der Waals surface area contributed by atoms with Gasteiger partial charge in [-0.25, -0.2) is 0 Å². The SMILES string of the molecule is CCN(CC)C1CCN(CC(=O)C2CCOC2)C1. The normalized spacial score (nSPS) is 29.3. The van der Waals surface area contributed by atoms with E-state index in [1.54, 1.807) is 0 Å². The lowest BCUT2D eigenvalue weighted by Gasteiger charge is -2.26. The van der Waals surface area contributed by atoms with Crippen molar-refractivity contribution in [2.45, 2.75) is 32.7 Å². The number of rotatable bonds is 6. The van der Waals surface area contributed by atoms with Gasteiger partial charge in [0.05, 0.1) is 13.2 Å². The van der Waals surface area contributed by atoms with E-state index < -0.39 is 0 Å². The van der Waals surface area contributed by atoms with Crippen molar-refractivity contribution >= 4 is 5.78 Å². The Morgan fingerprint density at radius 2 is 2.11 bits per heavy atom. The summed E-state index contributed by atoms with van der Waals surface area (Å²) in [5.41, 5.74) is 0. The van der Waals surface area contributed by atoms with E-state index in [1.807, 2.05) is 0 Å². The quantitative estimate of drug-likeness (QED) is 0.708. The maximum atomic E-state index is 12.1. The molecule has 0 aromatic carbocycles. The fraction of sp³-hybridized carbons (Fsp3) is 0.929. The molecule has 0 aromatic rings. The molecule has 2 unspecified atom stereocenters. The molecule has 0 spiro atoms. The molecule has 2 aliphatic heterocycles. The summed E-state index contributed by atoms with van der Waals surface area (Å²) in [6.07, 6.45) is 2.13. The molecule has 2 atom stereocenters. The fourth-order valence-electron chi connectivity index (χ4n) is 3.13. The first-order valence-corrected chi connectivity index (χ1v) is 7.31. The van der Waals surface area contributed by atoms with Crippen LogP contribution in [0, 0.1) is 5.92 Å². The average molecular weight is 254 g/mol. The Bertz CT molecular complexity index is 273. The number of hydrogen-bond acceptors (Lipinski definition) is 4. The first-order chi connectivity index (χ1) is 8.74. The second-order valence-corrected chi connectivity index (χ2v) is 5.43. The Labute approximate surface area is 110 Å². The van der Waals surface area contributed by atoms with Gasteiger partial charge in [0, 0.05) is 31.7 Å². The van der Waals surface area contributed by atoms with Crippen molar-refractivity contribution in [1.29, 1.82) is 0 Å². The van der Waals surface area contributed by atoms with Gasteiger partial charge < -0.3 is 4.74 Å². The molecule has 0 N–H and O–H groups in total. The van der Waals surface area contributed by atoms with E-state index in [9.17, 15) is 4.79 Å². The molecule has 2 heterocycles. The maximum absolute atomic E-state index is 12.1. The second kappa shape index (κ2) is 6.64. The number of Topliss-reactive ketones (excluding diaryl/α,β-unsaturated/α-hetero) is 1. The van der Waals surface area contributed by atoms with Crippen molar-refractivity contribution < 1.29 is 9.53 Å². The standard InChI is InChI=1S/C14H26N2O2/c1-3-16(4-2)13-5-7-15(9-13)10-14(17)12-6-8-18-11-12/h12-13H,3-11H2,1-2H3. The van der Waals surface area contributed by atoms with Crippen LogP contribution in [0.25, 0.3) is 0 Å². The van der Waals surface area contributed by atoms with Crippen molar-refractivity contribution in [1.82, 2.24) is 9.80 Å². The fourth-order valence-corrected chi connectivity index (χ4v) is 3.13. The Morgan fingerprint density at radius 3 is 2.72 bits per heavy atom. The largest absolute Gasteiger partial charge is 0.381 e. The molecular weight excluding hydrogens is 228 g/mol. The summed E-state index contributed by atoms with van der Waals surface area (Å²) in [5.74, 6) is 0.546. The molecular formula is C14H26N2O2. The predicted molar refractivity (Wildman–Crippen MR) is 71.7 cm³/mol. The van der Waals surface area contributed by atoms with Crippen LogP contribution in [-0.2, 0) is 9.53 Å². The summed E-state index contributed by atoms with van der Waals surface area (Å²) in [5, 5.41) is 0. The molecule has 0 bridgehead atoms. The third-order valence-corrected chi connectivity index (χ3v) is 4.34. The van der Waals surface area contributed by atoms with Crippen LogP contribution in [0.5, 0.6) is 0 Å². The van der Waals surface area contributed by atoms with Gasteiger partial charge >= 0.3 is 0 Å². The van der Waals surface area contributed by atoms with E-state index in [4.69, 9.17) is 4.74 Å². The number of nitrogens with zero attached hydrogens (tertiary/aromatic N) is 2. The van der Waals surface area contributed by atoms with Gasteiger partial charge in [0.1, 0.15) is 0 Å². The lowest BCUT2D eigenvalue weighted by Crippen LogP contribution is -2.39. The zero-order valence-electron chi connectivity index (χ0n) is 11.7. The van der Waals surface area contributed by atoms with Crippen molar-refractivity contribution in [3.63, 3.8) is 0 Å². The van der Waals surface area contributed by atoms with Crippen molar-refractivity contribution in [2.75, 3.05) is 45.9 Å². The summed E-state index contributed by atoms with van der Waals surface area (Å²) in [6.45, 7) is 10.8. The Kier molecular flexibility index (Phi) is 5.15. The molecule has 18 heavy (non-hydrogen) atoms. The maximum Gasteiger partial charge on any atom is 0.152 e. The molecule has 0 aromatic heterocycles. The smallest absolute Gasteiger partial charge is 0.152 e. The van der Waals surface area contributed by atoms with Gasteiger partial charge in [0.2, 0.25) is 0 Å². The molecule has 2 saturated heterocycles. The molecule has 2 aliphatic rings. The van der Waals surface area contributed by atoms with Crippen LogP contribution in [-0.4, -0.2) is 67.6 Å². The van der Waals surface area contributed by atoms with Gasteiger partial charge in [-0.15, -0.1) is 0 Å². The number of ether oxygens (including phenoxy) is 1. The minimum absolute atomic E-state index is 0.164. The zero-order chi connectivity index (χ0) is 13.0. The number of likely N-dealkylation sites (N-methyl/N-ethyl adjacent to an activating group) is 1. The second-order valence-electron chi connectivity index (χ2n) is 5.43. The van der Waals surface area contributed by atoms with E-state index >= 15 is 0 Å². The molecule has 104 valence electrons. The zero-order valence-corrected chi connectivity index (χ0v) is 11.7. The molecule has 4 nitrogen and oxygen atoms in total. The van der Waals surface area contributed by atoms with Crippen molar-refractivity contribution in [3.8, 4) is 0 Å². The summed E-state index contributed by atoms with van der Waals surface area (Å²) in [7, 11) is 0. The first kappa shape index (κ1) is 14.0. The highest BCUT2D eigenvalue weighted by molar-refractivity contribution is 5.83. The first-order valence-electron chi connectivity index (χ1n) is 7.31. The number of hydrogen-bond donors (Lipinski definition) is 0. The number of carbonyl (C=O) groups excluding carboxylic acids is 1. The van der Waals surface area contributed by atoms with Gasteiger partial charge in [0.15, 0.2) is 5.78 Å². The van der Waals surface area contributed by atoms with E-state index in [2.05, 4.69) is 23.6 Å². The van der Waals surface area contributed by atoms with Gasteiger partial charge in [-0.3, -0.25) is 14.6 Å². The summed E-state index contributed by atoms with van der Waals surface area (Å²) in [4.78, 5) is 16.9. The number of ketones is 1. The van der Waals surface area contributed by atoms with Crippen LogP contribution < -0.4 is 0 Å². The Morgan fingerprint density at radius 1 is 1.33 bits per heavy atom. The third-order valence-electron chi connectivity index (χ3n) is 4.34. The lowest BCUT2D eigenvalue weighted by atomic mass is 10.0. The molecule has 0 saturated carbocycles. The summed E-state index contributed by atoms with van der Waals surface area (Å²) < 4.78 is 5.29. The van der Waals surface area contributed by atoms with Crippen molar-refractivity contribution in [3.05, 3.63) is 0 Å². The van der Waals surface area contributed by atoms with Crippen LogP contribution in [0.3, 0.4) is 0 Å². The molecule has 0 amide bonds. The van der Waals surface area contributed by atoms with Crippen LogP contribution in [0.2, 0.25) is 0 Å². The Balaban J connectivity index is 1.76. The van der Waals surface area contributed by atoms with Crippen LogP contribution in [0.1, 0.15) is 26.7 Å². The minimum atomic E-state index is 0.164. The molecule has 2 rings (SSSR count). The van der Waals surface area contributed by atoms with E-state index in [0.717, 1.165) is 39.2 Å². The van der Waals surface area contributed by atoms with Gasteiger partial charge in [-0.05, 0) is 25.9 Å². The Hall–Kier alpha value is -0.450. The van der Waals surface area contributed by atoms with Gasteiger partial charge in [0.25, 0.3) is 0 Å². The topological polar surface area (TPSA) is 32.8 Å². The van der Waals surface area contributed by atoms with E-state index in [0.29, 0.717) is 25.0 Å². The highest BCUT2D eigenvalue weighted by atomic mass is 16.5. The third kappa shape index (κ3) is 3.31. The monoisotopic (exact) mass is 254 g/mol. The van der Waals surface area contributed by atoms with Crippen molar-refractivity contribution in [2.24, 2.45) is 5.92 Å². The highest BCUT2D eigenvalue weighted by Crippen LogP contribution is 2.18. The van der Waals surface area contributed by atoms with Gasteiger partial charge in [-0.1, -0.05) is 13.8 Å². The summed E-state index contributed by atoms with van der Waals surface area (Å²) in [6, 6.07) is 0.646. The van der Waals surface area contributed by atoms with Crippen LogP contribution >= 0.6 is 0 Å². The van der Waals surface area contributed by atoms with Crippen LogP contribution in [0.15, 0.2) is 0 Å². The molecule has 2 fully saturated rings. The predicted octanol–water partition coefficient (Wildman–Crippen LogP) is 1.01. The van der Waals surface area contributed by atoms with E-state index in [-0.39, 0.29) is 5.92 Å². The van der Waals surface area contributed by atoms with Gasteiger partial charge in [-0.2, -0.15) is 0 Å². The summed E-state index contributed by atoms with van der Waals surface area (Å²) >= 11 is 0. The lowest BCUT2D eigenvalue weighted by molar-refractivity contribution is -0.123.